The normalized spacial score (nSPS) is 20.4. The molecule has 1 atom stereocenters. The Bertz CT molecular complexity index is 384. The average Bonchev–Trinajstić information content (AvgIpc) is 2.94. The number of hydrogen-bond donors (Lipinski definition) is 1. The van der Waals surface area contributed by atoms with Crippen LogP contribution in [0.4, 0.5) is 0 Å². The van der Waals surface area contributed by atoms with Crippen LogP contribution in [0.2, 0.25) is 0 Å². The molecule has 0 radical (unpaired) electrons. The van der Waals surface area contributed by atoms with Gasteiger partial charge in [0.1, 0.15) is 5.60 Å². The van der Waals surface area contributed by atoms with Crippen molar-refractivity contribution in [1.82, 2.24) is 10.1 Å². The maximum Gasteiger partial charge on any atom is 0.227 e. The highest BCUT2D eigenvalue weighted by Gasteiger charge is 2.39. The standard InChI is InChI=1S/C13H23N3O3/c1-3-10(9-14)8-11-15-12(16-19-11)13(17-2)4-6-18-7-5-13/h10H,3-9,14H2,1-2H3. The zero-order chi connectivity index (χ0) is 13.7. The van der Waals surface area contributed by atoms with Gasteiger partial charge in [0.25, 0.3) is 0 Å². The molecule has 0 saturated carbocycles. The summed E-state index contributed by atoms with van der Waals surface area (Å²) in [5, 5.41) is 4.10. The fourth-order valence-corrected chi connectivity index (χ4v) is 2.38. The highest BCUT2D eigenvalue weighted by atomic mass is 16.5. The molecule has 1 unspecified atom stereocenters. The zero-order valence-corrected chi connectivity index (χ0v) is 11.7. The molecule has 108 valence electrons. The SMILES string of the molecule is CCC(CN)Cc1nc(C2(OC)CCOCC2)no1. The molecular weight excluding hydrogens is 246 g/mol. The van der Waals surface area contributed by atoms with E-state index >= 15 is 0 Å². The predicted octanol–water partition coefficient (Wildman–Crippen LogP) is 1.25. The Balaban J connectivity index is 2.10. The van der Waals surface area contributed by atoms with Crippen LogP contribution in [-0.4, -0.2) is 37.0 Å². The van der Waals surface area contributed by atoms with E-state index in [0.717, 1.165) is 25.7 Å². The van der Waals surface area contributed by atoms with E-state index in [2.05, 4.69) is 17.1 Å². The van der Waals surface area contributed by atoms with Crippen LogP contribution in [0, 0.1) is 5.92 Å². The number of nitrogens with two attached hydrogens (primary N) is 1. The number of ether oxygens (including phenoxy) is 2. The topological polar surface area (TPSA) is 83.4 Å². The molecule has 2 heterocycles. The van der Waals surface area contributed by atoms with Crippen LogP contribution >= 0.6 is 0 Å². The third kappa shape index (κ3) is 3.13. The first-order valence-electron chi connectivity index (χ1n) is 6.90. The molecule has 1 saturated heterocycles. The molecule has 0 bridgehead atoms. The molecule has 6 nitrogen and oxygen atoms in total. The molecule has 1 aliphatic heterocycles. The predicted molar refractivity (Wildman–Crippen MR) is 69.6 cm³/mol. The fraction of sp³-hybridized carbons (Fsp3) is 0.846. The summed E-state index contributed by atoms with van der Waals surface area (Å²) >= 11 is 0. The molecule has 6 heteroatoms. The molecule has 1 aromatic heterocycles. The lowest BCUT2D eigenvalue weighted by molar-refractivity contribution is -0.101. The molecule has 0 aliphatic carbocycles. The van der Waals surface area contributed by atoms with Crippen LogP contribution < -0.4 is 5.73 Å². The van der Waals surface area contributed by atoms with Crippen molar-refractivity contribution in [3.8, 4) is 0 Å². The number of rotatable bonds is 6. The fourth-order valence-electron chi connectivity index (χ4n) is 2.38. The summed E-state index contributed by atoms with van der Waals surface area (Å²) in [7, 11) is 1.69. The van der Waals surface area contributed by atoms with E-state index in [4.69, 9.17) is 19.7 Å². The molecule has 1 aliphatic rings. The average molecular weight is 269 g/mol. The number of aromatic nitrogens is 2. The van der Waals surface area contributed by atoms with Crippen molar-refractivity contribution >= 4 is 0 Å². The Hall–Kier alpha value is -0.980. The van der Waals surface area contributed by atoms with Crippen molar-refractivity contribution in [2.24, 2.45) is 11.7 Å². The molecule has 2 N–H and O–H groups in total. The van der Waals surface area contributed by atoms with Gasteiger partial charge in [-0.1, -0.05) is 18.5 Å². The Morgan fingerprint density at radius 2 is 2.16 bits per heavy atom. The Kier molecular flexibility index (Phi) is 4.90. The molecular formula is C13H23N3O3. The minimum Gasteiger partial charge on any atom is -0.381 e. The first-order chi connectivity index (χ1) is 9.24. The minimum absolute atomic E-state index is 0.390. The van der Waals surface area contributed by atoms with E-state index in [1.165, 1.54) is 0 Å². The lowest BCUT2D eigenvalue weighted by atomic mass is 9.93. The minimum atomic E-state index is -0.454. The van der Waals surface area contributed by atoms with Gasteiger partial charge in [-0.2, -0.15) is 4.98 Å². The molecule has 19 heavy (non-hydrogen) atoms. The lowest BCUT2D eigenvalue weighted by Crippen LogP contribution is -2.36. The largest absolute Gasteiger partial charge is 0.381 e. The monoisotopic (exact) mass is 269 g/mol. The molecule has 0 amide bonds. The summed E-state index contributed by atoms with van der Waals surface area (Å²) in [6.07, 6.45) is 3.26. The maximum absolute atomic E-state index is 5.70. The second kappa shape index (κ2) is 6.45. The quantitative estimate of drug-likeness (QED) is 0.836. The van der Waals surface area contributed by atoms with Crippen LogP contribution in [0.5, 0.6) is 0 Å². The summed E-state index contributed by atoms with van der Waals surface area (Å²) in [5.41, 5.74) is 5.25. The first kappa shape index (κ1) is 14.4. The summed E-state index contributed by atoms with van der Waals surface area (Å²) in [4.78, 5) is 4.50. The van der Waals surface area contributed by atoms with Crippen LogP contribution in [0.1, 0.15) is 37.9 Å². The van der Waals surface area contributed by atoms with Gasteiger partial charge in [0.2, 0.25) is 11.7 Å². The van der Waals surface area contributed by atoms with Crippen molar-refractivity contribution in [2.75, 3.05) is 26.9 Å². The van der Waals surface area contributed by atoms with Gasteiger partial charge >= 0.3 is 0 Å². The smallest absolute Gasteiger partial charge is 0.227 e. The van der Waals surface area contributed by atoms with E-state index in [1.807, 2.05) is 0 Å². The van der Waals surface area contributed by atoms with Crippen LogP contribution in [0.15, 0.2) is 4.52 Å². The van der Waals surface area contributed by atoms with Crippen molar-refractivity contribution in [3.63, 3.8) is 0 Å². The van der Waals surface area contributed by atoms with Crippen molar-refractivity contribution < 1.29 is 14.0 Å². The van der Waals surface area contributed by atoms with Gasteiger partial charge in [-0.15, -0.1) is 0 Å². The third-order valence-electron chi connectivity index (χ3n) is 3.94. The highest BCUT2D eigenvalue weighted by molar-refractivity contribution is 5.03. The first-order valence-corrected chi connectivity index (χ1v) is 6.90. The van der Waals surface area contributed by atoms with Gasteiger partial charge in [-0.05, 0) is 12.5 Å². The zero-order valence-electron chi connectivity index (χ0n) is 11.7. The maximum atomic E-state index is 5.70. The van der Waals surface area contributed by atoms with Crippen molar-refractivity contribution in [2.45, 2.75) is 38.2 Å². The molecule has 1 aromatic rings. The van der Waals surface area contributed by atoms with Crippen LogP contribution in [-0.2, 0) is 21.5 Å². The summed E-state index contributed by atoms with van der Waals surface area (Å²) in [6, 6.07) is 0. The molecule has 0 spiro atoms. The van der Waals surface area contributed by atoms with Crippen molar-refractivity contribution in [3.05, 3.63) is 11.7 Å². The molecule has 1 fully saturated rings. The summed E-state index contributed by atoms with van der Waals surface area (Å²) in [6.45, 7) is 4.08. The van der Waals surface area contributed by atoms with E-state index in [1.54, 1.807) is 7.11 Å². The second-order valence-corrected chi connectivity index (χ2v) is 5.04. The molecule has 2 rings (SSSR count). The van der Waals surface area contributed by atoms with Gasteiger partial charge in [0.05, 0.1) is 0 Å². The Morgan fingerprint density at radius 1 is 1.42 bits per heavy atom. The lowest BCUT2D eigenvalue weighted by Gasteiger charge is -2.32. The Labute approximate surface area is 113 Å². The number of methoxy groups -OCH3 is 1. The van der Waals surface area contributed by atoms with Gasteiger partial charge in [0.15, 0.2) is 0 Å². The van der Waals surface area contributed by atoms with Gasteiger partial charge in [-0.25, -0.2) is 0 Å². The summed E-state index contributed by atoms with van der Waals surface area (Å²) in [5.74, 6) is 1.68. The van der Waals surface area contributed by atoms with Crippen molar-refractivity contribution in [1.29, 1.82) is 0 Å². The van der Waals surface area contributed by atoms with Gasteiger partial charge < -0.3 is 19.7 Å². The molecule has 0 aromatic carbocycles. The number of hydrogen-bond acceptors (Lipinski definition) is 6. The van der Waals surface area contributed by atoms with Crippen LogP contribution in [0.25, 0.3) is 0 Å². The second-order valence-electron chi connectivity index (χ2n) is 5.04. The van der Waals surface area contributed by atoms with E-state index in [9.17, 15) is 0 Å². The number of nitrogens with zero attached hydrogens (tertiary/aromatic N) is 2. The van der Waals surface area contributed by atoms with Gasteiger partial charge in [-0.3, -0.25) is 0 Å². The van der Waals surface area contributed by atoms with E-state index in [-0.39, 0.29) is 0 Å². The third-order valence-corrected chi connectivity index (χ3v) is 3.94. The summed E-state index contributed by atoms with van der Waals surface area (Å²) < 4.78 is 16.4. The highest BCUT2D eigenvalue weighted by Crippen LogP contribution is 2.33. The van der Waals surface area contributed by atoms with E-state index < -0.39 is 5.60 Å². The van der Waals surface area contributed by atoms with E-state index in [0.29, 0.717) is 37.4 Å². The van der Waals surface area contributed by atoms with Crippen LogP contribution in [0.3, 0.4) is 0 Å². The van der Waals surface area contributed by atoms with Gasteiger partial charge in [0, 0.05) is 39.6 Å². The Morgan fingerprint density at radius 3 is 2.74 bits per heavy atom.